The molecule has 0 saturated heterocycles. The van der Waals surface area contributed by atoms with Crippen molar-refractivity contribution in [1.82, 2.24) is 0 Å². The van der Waals surface area contributed by atoms with Crippen molar-refractivity contribution in [2.24, 2.45) is 0 Å². The molecule has 0 heterocycles. The van der Waals surface area contributed by atoms with E-state index in [0.29, 0.717) is 0 Å². The van der Waals surface area contributed by atoms with Gasteiger partial charge in [0.2, 0.25) is 0 Å². The maximum atomic E-state index is 3.15. The zero-order chi connectivity index (χ0) is 19.1. The quantitative estimate of drug-likeness (QED) is 0.344. The van der Waals surface area contributed by atoms with Gasteiger partial charge in [0.1, 0.15) is 0 Å². The molecule has 0 saturated carbocycles. The van der Waals surface area contributed by atoms with Crippen molar-refractivity contribution >= 4 is 0 Å². The second kappa shape index (κ2) is 30.9. The molecule has 0 unspecified atom stereocenters. The second-order valence-electron chi connectivity index (χ2n) is 3.60. The van der Waals surface area contributed by atoms with Gasteiger partial charge in [0.05, 0.1) is 0 Å². The standard InChI is InChI=1S/C12H8.C6H10.3C2H6.Y/c1-3-7-11(8-4-1)12-9-5-2-6-10-12;1-3-5-6-4-2;3*1-2;/h1-7,9H;3-6H,1-2H3;3*1-2H3;/q-2;;;;;/b;5-3-,6-4-;;;;. The zero-order valence-corrected chi connectivity index (χ0v) is 20.3. The third kappa shape index (κ3) is 21.0. The summed E-state index contributed by atoms with van der Waals surface area (Å²) in [6.07, 6.45) is 8.00. The van der Waals surface area contributed by atoms with Gasteiger partial charge in [-0.1, -0.05) is 65.8 Å². The van der Waals surface area contributed by atoms with Crippen LogP contribution in [-0.2, 0) is 32.7 Å². The Kier molecular flexibility index (Phi) is 39.2. The molecule has 0 aliphatic rings. The summed E-state index contributed by atoms with van der Waals surface area (Å²) in [5.74, 6) is 0. The first-order valence-corrected chi connectivity index (χ1v) is 9.06. The molecule has 0 N–H and O–H groups in total. The molecule has 0 aromatic heterocycles. The molecule has 2 aromatic carbocycles. The van der Waals surface area contributed by atoms with E-state index in [4.69, 9.17) is 0 Å². The fraction of sp³-hybridized carbons (Fsp3) is 0.333. The van der Waals surface area contributed by atoms with Gasteiger partial charge in [-0.25, -0.2) is 11.1 Å². The fourth-order valence-corrected chi connectivity index (χ4v) is 1.34. The average Bonchev–Trinajstić information content (AvgIpc) is 2.73. The van der Waals surface area contributed by atoms with Crippen LogP contribution in [0.5, 0.6) is 0 Å². The molecule has 0 fully saturated rings. The molecule has 0 atom stereocenters. The number of benzene rings is 2. The first kappa shape index (κ1) is 31.8. The smallest absolute Gasteiger partial charge is 0 e. The van der Waals surface area contributed by atoms with Crippen LogP contribution in [0.15, 0.2) is 72.8 Å². The van der Waals surface area contributed by atoms with Gasteiger partial charge in [0.15, 0.2) is 0 Å². The van der Waals surface area contributed by atoms with Gasteiger partial charge < -0.3 is 0 Å². The van der Waals surface area contributed by atoms with Crippen molar-refractivity contribution in [3.05, 3.63) is 85.0 Å². The van der Waals surface area contributed by atoms with E-state index in [-0.39, 0.29) is 32.7 Å². The van der Waals surface area contributed by atoms with Gasteiger partial charge >= 0.3 is 0 Å². The van der Waals surface area contributed by atoms with E-state index in [2.05, 4.69) is 12.1 Å². The van der Waals surface area contributed by atoms with Gasteiger partial charge in [0, 0.05) is 32.7 Å². The topological polar surface area (TPSA) is 0 Å². The predicted molar refractivity (Wildman–Crippen MR) is 113 cm³/mol. The molecular formula is C24H36Y-2. The van der Waals surface area contributed by atoms with Crippen molar-refractivity contribution in [2.75, 3.05) is 0 Å². The third-order valence-electron chi connectivity index (χ3n) is 2.20. The molecule has 2 aromatic rings. The van der Waals surface area contributed by atoms with Crippen LogP contribution in [0, 0.1) is 12.1 Å². The molecule has 0 bridgehead atoms. The van der Waals surface area contributed by atoms with E-state index in [9.17, 15) is 0 Å². The minimum Gasteiger partial charge on any atom is -0.226 e. The van der Waals surface area contributed by atoms with Gasteiger partial charge in [-0.2, -0.15) is 48.5 Å². The summed E-state index contributed by atoms with van der Waals surface area (Å²) >= 11 is 0. The van der Waals surface area contributed by atoms with E-state index in [1.807, 2.05) is 128 Å². The van der Waals surface area contributed by atoms with Crippen LogP contribution in [0.1, 0.15) is 55.4 Å². The largest absolute Gasteiger partial charge is 0.226 e. The van der Waals surface area contributed by atoms with E-state index in [0.717, 1.165) is 11.1 Å². The summed E-state index contributed by atoms with van der Waals surface area (Å²) in [4.78, 5) is 0. The Balaban J connectivity index is -0.000000146. The van der Waals surface area contributed by atoms with Crippen LogP contribution in [0.3, 0.4) is 0 Å². The van der Waals surface area contributed by atoms with Gasteiger partial charge in [-0.15, -0.1) is 12.1 Å². The van der Waals surface area contributed by atoms with Crippen molar-refractivity contribution < 1.29 is 32.7 Å². The third-order valence-corrected chi connectivity index (χ3v) is 2.20. The van der Waals surface area contributed by atoms with Crippen molar-refractivity contribution in [2.45, 2.75) is 55.4 Å². The van der Waals surface area contributed by atoms with Gasteiger partial charge in [-0.3, -0.25) is 0 Å². The van der Waals surface area contributed by atoms with E-state index in [1.165, 1.54) is 0 Å². The Hall–Kier alpha value is -0.976. The molecule has 1 heteroatoms. The van der Waals surface area contributed by atoms with Crippen LogP contribution in [0.2, 0.25) is 0 Å². The Morgan fingerprint density at radius 1 is 0.600 bits per heavy atom. The average molecular weight is 413 g/mol. The molecular weight excluding hydrogens is 377 g/mol. The van der Waals surface area contributed by atoms with E-state index in [1.54, 1.807) is 0 Å². The maximum Gasteiger partial charge on any atom is 0 e. The first-order chi connectivity index (χ1) is 11.9. The molecule has 0 amide bonds. The summed E-state index contributed by atoms with van der Waals surface area (Å²) in [5, 5.41) is 0. The molecule has 137 valence electrons. The SMILES string of the molecule is C/C=C\C=C/C.CC.CC.CC.[Y].[c-]1ccccc1-c1[c-]cccc1. The fourth-order valence-electron chi connectivity index (χ4n) is 1.34. The van der Waals surface area contributed by atoms with Crippen LogP contribution >= 0.6 is 0 Å². The Morgan fingerprint density at radius 2 is 0.920 bits per heavy atom. The van der Waals surface area contributed by atoms with E-state index < -0.39 is 0 Å². The van der Waals surface area contributed by atoms with Crippen LogP contribution in [0.4, 0.5) is 0 Å². The van der Waals surface area contributed by atoms with Gasteiger partial charge in [0.25, 0.3) is 0 Å². The first-order valence-electron chi connectivity index (χ1n) is 9.06. The maximum absolute atomic E-state index is 3.15. The summed E-state index contributed by atoms with van der Waals surface area (Å²) in [5.41, 5.74) is 2.19. The number of hydrogen-bond donors (Lipinski definition) is 0. The van der Waals surface area contributed by atoms with Crippen molar-refractivity contribution in [1.29, 1.82) is 0 Å². The van der Waals surface area contributed by atoms with Crippen molar-refractivity contribution in [3.8, 4) is 11.1 Å². The molecule has 0 spiro atoms. The summed E-state index contributed by atoms with van der Waals surface area (Å²) in [7, 11) is 0. The number of hydrogen-bond acceptors (Lipinski definition) is 0. The van der Waals surface area contributed by atoms with Gasteiger partial charge in [-0.05, 0) is 13.8 Å². The van der Waals surface area contributed by atoms with Crippen LogP contribution in [0.25, 0.3) is 11.1 Å². The normalized spacial score (nSPS) is 8.16. The van der Waals surface area contributed by atoms with E-state index >= 15 is 0 Å². The zero-order valence-electron chi connectivity index (χ0n) is 17.5. The summed E-state index contributed by atoms with van der Waals surface area (Å²) < 4.78 is 0. The summed E-state index contributed by atoms with van der Waals surface area (Å²) in [6.45, 7) is 16.0. The predicted octanol–water partition coefficient (Wildman–Crippen LogP) is 8.17. The Labute approximate surface area is 183 Å². The monoisotopic (exact) mass is 413 g/mol. The van der Waals surface area contributed by atoms with Crippen LogP contribution in [-0.4, -0.2) is 0 Å². The minimum absolute atomic E-state index is 0. The Bertz CT molecular complexity index is 422. The summed E-state index contributed by atoms with van der Waals surface area (Å²) in [6, 6.07) is 22.1. The van der Waals surface area contributed by atoms with Crippen molar-refractivity contribution in [3.63, 3.8) is 0 Å². The molecule has 0 aliphatic carbocycles. The molecule has 1 radical (unpaired) electrons. The number of rotatable bonds is 2. The second-order valence-corrected chi connectivity index (χ2v) is 3.60. The molecule has 0 aliphatic heterocycles. The number of allylic oxidation sites excluding steroid dienone is 4. The Morgan fingerprint density at radius 3 is 1.12 bits per heavy atom. The molecule has 0 nitrogen and oxygen atoms in total. The van der Waals surface area contributed by atoms with Crippen LogP contribution < -0.4 is 0 Å². The molecule has 25 heavy (non-hydrogen) atoms. The molecule has 2 rings (SSSR count). The minimum atomic E-state index is 0.